The number of amides is 3. The molecule has 0 bridgehead atoms. The van der Waals surface area contributed by atoms with Gasteiger partial charge in [0.05, 0.1) is 12.6 Å². The van der Waals surface area contributed by atoms with E-state index < -0.39 is 6.03 Å². The van der Waals surface area contributed by atoms with Crippen LogP contribution in [0.3, 0.4) is 0 Å². The zero-order chi connectivity index (χ0) is 19.6. The molecule has 0 spiro atoms. The van der Waals surface area contributed by atoms with Gasteiger partial charge in [0.25, 0.3) is 0 Å². The lowest BCUT2D eigenvalue weighted by molar-refractivity contribution is -0.119. The van der Waals surface area contributed by atoms with Crippen LogP contribution in [0, 0.1) is 0 Å². The number of carbonyl (C=O) groups is 2. The summed E-state index contributed by atoms with van der Waals surface area (Å²) in [4.78, 5) is 24.9. The molecule has 146 valence electrons. The Morgan fingerprint density at radius 3 is 2.37 bits per heavy atom. The van der Waals surface area contributed by atoms with Gasteiger partial charge >= 0.3 is 6.03 Å². The van der Waals surface area contributed by atoms with Crippen LogP contribution in [0.5, 0.6) is 0 Å². The molecule has 0 aliphatic heterocycles. The molecule has 0 unspecified atom stereocenters. The fourth-order valence-electron chi connectivity index (χ4n) is 2.70. The lowest BCUT2D eigenvalue weighted by atomic mass is 9.98. The van der Waals surface area contributed by atoms with Crippen molar-refractivity contribution in [3.63, 3.8) is 0 Å². The van der Waals surface area contributed by atoms with Crippen LogP contribution in [0.1, 0.15) is 61.6 Å². The lowest BCUT2D eigenvalue weighted by Gasteiger charge is -2.19. The van der Waals surface area contributed by atoms with Gasteiger partial charge < -0.3 is 5.32 Å². The molecular formula is C21H29N3O2S. The van der Waals surface area contributed by atoms with E-state index in [-0.39, 0.29) is 18.5 Å². The summed E-state index contributed by atoms with van der Waals surface area (Å²) in [5.41, 5.74) is 2.38. The number of rotatable bonds is 9. The SMILES string of the molecule is CCCCNC(=O)NC(=O)CN[C@H](c1ccc(C(C)C)cc1)c1cccs1. The average Bonchev–Trinajstić information content (AvgIpc) is 3.17. The molecule has 0 fully saturated rings. The van der Waals surface area contributed by atoms with Crippen molar-refractivity contribution in [2.45, 2.75) is 45.6 Å². The van der Waals surface area contributed by atoms with Gasteiger partial charge in [-0.05, 0) is 34.9 Å². The van der Waals surface area contributed by atoms with Crippen LogP contribution < -0.4 is 16.0 Å². The fraction of sp³-hybridized carbons (Fsp3) is 0.429. The van der Waals surface area contributed by atoms with Crippen molar-refractivity contribution < 1.29 is 9.59 Å². The summed E-state index contributed by atoms with van der Waals surface area (Å²) < 4.78 is 0. The summed E-state index contributed by atoms with van der Waals surface area (Å²) >= 11 is 1.64. The van der Waals surface area contributed by atoms with Gasteiger partial charge in [-0.3, -0.25) is 15.4 Å². The molecule has 1 atom stereocenters. The van der Waals surface area contributed by atoms with Crippen LogP contribution in [0.15, 0.2) is 41.8 Å². The van der Waals surface area contributed by atoms with Crippen molar-refractivity contribution in [2.75, 3.05) is 13.1 Å². The summed E-state index contributed by atoms with van der Waals surface area (Å²) in [6.45, 7) is 7.02. The topological polar surface area (TPSA) is 70.2 Å². The second-order valence-corrected chi connectivity index (χ2v) is 7.79. The smallest absolute Gasteiger partial charge is 0.321 e. The van der Waals surface area contributed by atoms with Gasteiger partial charge in [-0.1, -0.05) is 57.5 Å². The zero-order valence-electron chi connectivity index (χ0n) is 16.2. The van der Waals surface area contributed by atoms with Crippen molar-refractivity contribution in [2.24, 2.45) is 0 Å². The predicted molar refractivity (Wildman–Crippen MR) is 111 cm³/mol. The van der Waals surface area contributed by atoms with E-state index in [1.807, 2.05) is 24.4 Å². The molecule has 3 N–H and O–H groups in total. The molecule has 27 heavy (non-hydrogen) atoms. The van der Waals surface area contributed by atoms with Gasteiger partial charge in [0.2, 0.25) is 5.91 Å². The van der Waals surface area contributed by atoms with Crippen LogP contribution in [0.2, 0.25) is 0 Å². The fourth-order valence-corrected chi connectivity index (χ4v) is 3.53. The predicted octanol–water partition coefficient (Wildman–Crippen LogP) is 4.18. The van der Waals surface area contributed by atoms with Crippen LogP contribution in [-0.4, -0.2) is 25.0 Å². The highest BCUT2D eigenvalue weighted by Crippen LogP contribution is 2.27. The van der Waals surface area contributed by atoms with E-state index in [1.165, 1.54) is 5.56 Å². The summed E-state index contributed by atoms with van der Waals surface area (Å²) in [7, 11) is 0. The van der Waals surface area contributed by atoms with E-state index in [0.717, 1.165) is 23.3 Å². The third-order valence-electron chi connectivity index (χ3n) is 4.30. The Morgan fingerprint density at radius 1 is 1.07 bits per heavy atom. The minimum Gasteiger partial charge on any atom is -0.338 e. The first-order chi connectivity index (χ1) is 13.0. The lowest BCUT2D eigenvalue weighted by Crippen LogP contribution is -2.44. The number of urea groups is 1. The molecular weight excluding hydrogens is 358 g/mol. The van der Waals surface area contributed by atoms with E-state index in [4.69, 9.17) is 0 Å². The largest absolute Gasteiger partial charge is 0.338 e. The number of benzene rings is 1. The molecule has 2 aromatic rings. The van der Waals surface area contributed by atoms with Crippen LogP contribution >= 0.6 is 11.3 Å². The number of unbranched alkanes of at least 4 members (excludes halogenated alkanes) is 1. The number of imide groups is 1. The summed E-state index contributed by atoms with van der Waals surface area (Å²) in [5, 5.41) is 10.3. The summed E-state index contributed by atoms with van der Waals surface area (Å²) in [6, 6.07) is 12.0. The van der Waals surface area contributed by atoms with E-state index >= 15 is 0 Å². The first-order valence-electron chi connectivity index (χ1n) is 9.45. The normalized spacial score (nSPS) is 12.0. The number of carbonyl (C=O) groups excluding carboxylic acids is 2. The summed E-state index contributed by atoms with van der Waals surface area (Å²) in [5.74, 6) is 0.133. The van der Waals surface area contributed by atoms with Gasteiger partial charge in [-0.2, -0.15) is 0 Å². The Hall–Kier alpha value is -2.18. The number of nitrogens with one attached hydrogen (secondary N) is 3. The van der Waals surface area contributed by atoms with Gasteiger partial charge in [0, 0.05) is 11.4 Å². The molecule has 5 nitrogen and oxygen atoms in total. The molecule has 1 aromatic heterocycles. The van der Waals surface area contributed by atoms with E-state index in [2.05, 4.69) is 54.1 Å². The molecule has 0 radical (unpaired) electrons. The second-order valence-electron chi connectivity index (χ2n) is 6.81. The van der Waals surface area contributed by atoms with Gasteiger partial charge in [0.15, 0.2) is 0 Å². The van der Waals surface area contributed by atoms with Crippen molar-refractivity contribution in [3.8, 4) is 0 Å². The van der Waals surface area contributed by atoms with Gasteiger partial charge in [0.1, 0.15) is 0 Å². The molecule has 0 aliphatic rings. The highest BCUT2D eigenvalue weighted by atomic mass is 32.1. The van der Waals surface area contributed by atoms with Crippen molar-refractivity contribution in [3.05, 3.63) is 57.8 Å². The third kappa shape index (κ3) is 6.81. The Balaban J connectivity index is 1.97. The number of hydrogen-bond donors (Lipinski definition) is 3. The Kier molecular flexibility index (Phi) is 8.48. The highest BCUT2D eigenvalue weighted by Gasteiger charge is 2.17. The molecule has 1 aromatic carbocycles. The Labute approximate surface area is 165 Å². The van der Waals surface area contributed by atoms with Crippen molar-refractivity contribution in [1.82, 2.24) is 16.0 Å². The summed E-state index contributed by atoms with van der Waals surface area (Å²) in [6.07, 6.45) is 1.89. The zero-order valence-corrected chi connectivity index (χ0v) is 17.1. The minimum atomic E-state index is -0.441. The average molecular weight is 388 g/mol. The Morgan fingerprint density at radius 2 is 1.78 bits per heavy atom. The number of hydrogen-bond acceptors (Lipinski definition) is 4. The maximum absolute atomic E-state index is 12.1. The van der Waals surface area contributed by atoms with Gasteiger partial charge in [-0.25, -0.2) is 4.79 Å². The van der Waals surface area contributed by atoms with Crippen LogP contribution in [-0.2, 0) is 4.79 Å². The molecule has 6 heteroatoms. The molecule has 0 saturated heterocycles. The molecule has 0 aliphatic carbocycles. The molecule has 0 saturated carbocycles. The molecule has 1 heterocycles. The van der Waals surface area contributed by atoms with E-state index in [0.29, 0.717) is 12.5 Å². The maximum Gasteiger partial charge on any atom is 0.321 e. The second kappa shape index (κ2) is 10.8. The van der Waals surface area contributed by atoms with Crippen molar-refractivity contribution >= 4 is 23.3 Å². The monoisotopic (exact) mass is 387 g/mol. The van der Waals surface area contributed by atoms with Gasteiger partial charge in [-0.15, -0.1) is 11.3 Å². The minimum absolute atomic E-state index is 0.0652. The first-order valence-corrected chi connectivity index (χ1v) is 10.3. The first kappa shape index (κ1) is 21.1. The Bertz CT molecular complexity index is 712. The standard InChI is InChI=1S/C21H29N3O2S/c1-4-5-12-22-21(26)24-19(25)14-23-20(18-7-6-13-27-18)17-10-8-16(9-11-17)15(2)3/h6-11,13,15,20,23H,4-5,12,14H2,1-3H3,(H2,22,24,25,26)/t20-/m1/s1. The number of thiophene rings is 1. The van der Waals surface area contributed by atoms with Crippen LogP contribution in [0.25, 0.3) is 0 Å². The quantitative estimate of drug-likeness (QED) is 0.566. The molecule has 2 rings (SSSR count). The van der Waals surface area contributed by atoms with E-state index in [9.17, 15) is 9.59 Å². The molecule has 3 amide bonds. The van der Waals surface area contributed by atoms with Crippen LogP contribution in [0.4, 0.5) is 4.79 Å². The maximum atomic E-state index is 12.1. The third-order valence-corrected chi connectivity index (χ3v) is 5.24. The highest BCUT2D eigenvalue weighted by molar-refractivity contribution is 7.10. The van der Waals surface area contributed by atoms with E-state index in [1.54, 1.807) is 11.3 Å². The van der Waals surface area contributed by atoms with Crippen molar-refractivity contribution in [1.29, 1.82) is 0 Å².